The number of aromatic carboxylic acids is 1. The van der Waals surface area contributed by atoms with Gasteiger partial charge in [0.2, 0.25) is 0 Å². The summed E-state index contributed by atoms with van der Waals surface area (Å²) >= 11 is 0. The molecule has 0 radical (unpaired) electrons. The van der Waals surface area contributed by atoms with E-state index < -0.39 is 12.1 Å². The molecule has 0 amide bonds. The van der Waals surface area contributed by atoms with Gasteiger partial charge in [-0.05, 0) is 12.1 Å². The summed E-state index contributed by atoms with van der Waals surface area (Å²) in [6.07, 6.45) is -0.881. The predicted octanol–water partition coefficient (Wildman–Crippen LogP) is 0.796. The zero-order chi connectivity index (χ0) is 15.7. The van der Waals surface area contributed by atoms with Crippen molar-refractivity contribution in [1.29, 1.82) is 0 Å². The van der Waals surface area contributed by atoms with Gasteiger partial charge in [0.1, 0.15) is 18.3 Å². The maximum atomic E-state index is 11.1. The second kappa shape index (κ2) is 9.17. The zero-order valence-electron chi connectivity index (χ0n) is 12.1. The van der Waals surface area contributed by atoms with Crippen molar-refractivity contribution < 1.29 is 34.0 Å². The summed E-state index contributed by atoms with van der Waals surface area (Å²) in [4.78, 5) is 11.1. The molecule has 21 heavy (non-hydrogen) atoms. The van der Waals surface area contributed by atoms with Crippen LogP contribution in [-0.2, 0) is 9.47 Å². The number of benzene rings is 1. The number of hydrogen-bond acceptors (Lipinski definition) is 6. The lowest BCUT2D eigenvalue weighted by Crippen LogP contribution is -2.25. The summed E-state index contributed by atoms with van der Waals surface area (Å²) in [6.45, 7) is 0.764. The maximum absolute atomic E-state index is 11.1. The van der Waals surface area contributed by atoms with Crippen LogP contribution in [0.4, 0.5) is 0 Å². The van der Waals surface area contributed by atoms with Gasteiger partial charge in [-0.3, -0.25) is 0 Å². The molecule has 7 nitrogen and oxygen atoms in total. The summed E-state index contributed by atoms with van der Waals surface area (Å²) in [6, 6.07) is 4.55. The molecule has 0 aliphatic heterocycles. The average Bonchev–Trinajstić information content (AvgIpc) is 2.48. The minimum atomic E-state index is -1.13. The van der Waals surface area contributed by atoms with E-state index >= 15 is 0 Å². The number of carboxylic acid groups (broad SMARTS) is 1. The molecule has 0 saturated carbocycles. The van der Waals surface area contributed by atoms with Gasteiger partial charge in [-0.15, -0.1) is 0 Å². The second-order valence-electron chi connectivity index (χ2n) is 4.17. The minimum Gasteiger partial charge on any atom is -0.493 e. The van der Waals surface area contributed by atoms with Crippen LogP contribution in [-0.4, -0.2) is 62.9 Å². The van der Waals surface area contributed by atoms with Gasteiger partial charge in [0, 0.05) is 7.11 Å². The Morgan fingerprint density at radius 1 is 1.24 bits per heavy atom. The Morgan fingerprint density at radius 3 is 2.62 bits per heavy atom. The quantitative estimate of drug-likeness (QED) is 0.617. The van der Waals surface area contributed by atoms with E-state index in [2.05, 4.69) is 0 Å². The fourth-order valence-electron chi connectivity index (χ4n) is 1.58. The predicted molar refractivity (Wildman–Crippen MR) is 74.2 cm³/mol. The third kappa shape index (κ3) is 5.58. The Kier molecular flexibility index (Phi) is 7.52. The van der Waals surface area contributed by atoms with Crippen molar-refractivity contribution in [3.63, 3.8) is 0 Å². The highest BCUT2D eigenvalue weighted by molar-refractivity contribution is 5.92. The van der Waals surface area contributed by atoms with Crippen molar-refractivity contribution in [3.05, 3.63) is 23.8 Å². The van der Waals surface area contributed by atoms with E-state index in [-0.39, 0.29) is 24.5 Å². The van der Waals surface area contributed by atoms with Crippen molar-refractivity contribution in [2.24, 2.45) is 0 Å². The molecule has 2 N–H and O–H groups in total. The summed E-state index contributed by atoms with van der Waals surface area (Å²) in [7, 11) is 2.97. The van der Waals surface area contributed by atoms with Gasteiger partial charge in [-0.25, -0.2) is 4.79 Å². The molecular weight excluding hydrogens is 280 g/mol. The molecule has 0 fully saturated rings. The monoisotopic (exact) mass is 300 g/mol. The largest absolute Gasteiger partial charge is 0.493 e. The lowest BCUT2D eigenvalue weighted by molar-refractivity contribution is -0.00470. The van der Waals surface area contributed by atoms with Crippen LogP contribution in [0.15, 0.2) is 18.2 Å². The van der Waals surface area contributed by atoms with Crippen molar-refractivity contribution in [2.45, 2.75) is 6.10 Å². The van der Waals surface area contributed by atoms with Crippen LogP contribution >= 0.6 is 0 Å². The van der Waals surface area contributed by atoms with Gasteiger partial charge in [0.05, 0.1) is 26.9 Å². The molecule has 7 heteroatoms. The number of hydrogen-bond donors (Lipinski definition) is 2. The standard InChI is InChI=1S/C14H20O7/c1-18-6-7-20-8-10(15)9-21-13-11(14(16)17)4-3-5-12(13)19-2/h3-5,10,15H,6-9H2,1-2H3,(H,16,17). The summed E-state index contributed by atoms with van der Waals surface area (Å²) in [5.41, 5.74) is -0.0261. The van der Waals surface area contributed by atoms with E-state index in [1.807, 2.05) is 0 Å². The minimum absolute atomic E-state index is 0.0261. The van der Waals surface area contributed by atoms with Gasteiger partial charge < -0.3 is 29.2 Å². The first-order valence-corrected chi connectivity index (χ1v) is 6.38. The Bertz CT molecular complexity index is 447. The normalized spacial score (nSPS) is 12.0. The van der Waals surface area contributed by atoms with E-state index in [0.717, 1.165) is 0 Å². The van der Waals surface area contributed by atoms with Crippen molar-refractivity contribution in [3.8, 4) is 11.5 Å². The lowest BCUT2D eigenvalue weighted by Gasteiger charge is -2.16. The average molecular weight is 300 g/mol. The molecule has 0 aliphatic carbocycles. The highest BCUT2D eigenvalue weighted by atomic mass is 16.5. The van der Waals surface area contributed by atoms with Gasteiger partial charge in [0.25, 0.3) is 0 Å². The number of methoxy groups -OCH3 is 2. The highest BCUT2D eigenvalue weighted by Crippen LogP contribution is 2.31. The van der Waals surface area contributed by atoms with E-state index in [0.29, 0.717) is 19.0 Å². The molecule has 0 aliphatic rings. The molecule has 1 unspecified atom stereocenters. The Morgan fingerprint density at radius 2 is 2.00 bits per heavy atom. The van der Waals surface area contributed by atoms with E-state index in [9.17, 15) is 9.90 Å². The van der Waals surface area contributed by atoms with E-state index in [1.54, 1.807) is 19.2 Å². The summed E-state index contributed by atoms with van der Waals surface area (Å²) < 4.78 is 20.4. The van der Waals surface area contributed by atoms with Crippen molar-refractivity contribution in [2.75, 3.05) is 40.6 Å². The first-order valence-electron chi connectivity index (χ1n) is 6.38. The number of carboxylic acids is 1. The molecule has 1 rings (SSSR count). The third-order valence-corrected chi connectivity index (χ3v) is 2.59. The maximum Gasteiger partial charge on any atom is 0.339 e. The molecule has 0 aromatic heterocycles. The molecule has 0 bridgehead atoms. The highest BCUT2D eigenvalue weighted by Gasteiger charge is 2.17. The summed E-state index contributed by atoms with van der Waals surface area (Å²) in [5.74, 6) is -0.749. The molecule has 0 spiro atoms. The van der Waals surface area contributed by atoms with E-state index in [1.165, 1.54) is 13.2 Å². The fraction of sp³-hybridized carbons (Fsp3) is 0.500. The second-order valence-corrected chi connectivity index (χ2v) is 4.17. The Balaban J connectivity index is 2.59. The first kappa shape index (κ1) is 17.2. The van der Waals surface area contributed by atoms with Gasteiger partial charge in [-0.2, -0.15) is 0 Å². The van der Waals surface area contributed by atoms with Gasteiger partial charge in [-0.1, -0.05) is 6.07 Å². The third-order valence-electron chi connectivity index (χ3n) is 2.59. The number of ether oxygens (including phenoxy) is 4. The van der Waals surface area contributed by atoms with Gasteiger partial charge in [0.15, 0.2) is 11.5 Å². The van der Waals surface area contributed by atoms with Crippen LogP contribution < -0.4 is 9.47 Å². The van der Waals surface area contributed by atoms with E-state index in [4.69, 9.17) is 24.1 Å². The number of aliphatic hydroxyl groups is 1. The Hall–Kier alpha value is -1.83. The van der Waals surface area contributed by atoms with Crippen LogP contribution in [0, 0.1) is 0 Å². The topological polar surface area (TPSA) is 94.5 Å². The summed E-state index contributed by atoms with van der Waals surface area (Å²) in [5, 5.41) is 18.8. The molecule has 0 heterocycles. The number of rotatable bonds is 10. The lowest BCUT2D eigenvalue weighted by atomic mass is 10.2. The SMILES string of the molecule is COCCOCC(O)COc1c(OC)cccc1C(=O)O. The van der Waals surface area contributed by atoms with Crippen molar-refractivity contribution >= 4 is 5.97 Å². The van der Waals surface area contributed by atoms with Crippen molar-refractivity contribution in [1.82, 2.24) is 0 Å². The van der Waals surface area contributed by atoms with Crippen LogP contribution in [0.25, 0.3) is 0 Å². The first-order chi connectivity index (χ1) is 10.1. The molecular formula is C14H20O7. The fourth-order valence-corrected chi connectivity index (χ4v) is 1.58. The number of aliphatic hydroxyl groups excluding tert-OH is 1. The smallest absolute Gasteiger partial charge is 0.339 e. The molecule has 1 aromatic carbocycles. The van der Waals surface area contributed by atoms with Crippen LogP contribution in [0.1, 0.15) is 10.4 Å². The number of para-hydroxylation sites is 1. The molecule has 1 atom stereocenters. The molecule has 0 saturated heterocycles. The zero-order valence-corrected chi connectivity index (χ0v) is 12.1. The Labute approximate surface area is 123 Å². The molecule has 118 valence electrons. The van der Waals surface area contributed by atoms with Gasteiger partial charge >= 0.3 is 5.97 Å². The molecule has 1 aromatic rings. The van der Waals surface area contributed by atoms with Crippen LogP contribution in [0.3, 0.4) is 0 Å². The number of carbonyl (C=O) groups is 1. The van der Waals surface area contributed by atoms with Crippen LogP contribution in [0.5, 0.6) is 11.5 Å². The van der Waals surface area contributed by atoms with Crippen LogP contribution in [0.2, 0.25) is 0 Å².